The number of hydrogen-bond donors (Lipinski definition) is 5. The van der Waals surface area contributed by atoms with Gasteiger partial charge in [-0.15, -0.1) is 5.10 Å². The second-order valence-corrected chi connectivity index (χ2v) is 10.2. The summed E-state index contributed by atoms with van der Waals surface area (Å²) in [5.74, 6) is -0.400. The number of aryl methyl sites for hydroxylation is 1. The van der Waals surface area contributed by atoms with E-state index in [9.17, 15) is 18.3 Å². The van der Waals surface area contributed by atoms with Crippen LogP contribution >= 0.6 is 0 Å². The van der Waals surface area contributed by atoms with Crippen LogP contribution in [-0.4, -0.2) is 52.0 Å². The van der Waals surface area contributed by atoms with E-state index in [2.05, 4.69) is 25.6 Å². The van der Waals surface area contributed by atoms with Crippen LogP contribution in [0.3, 0.4) is 0 Å². The topological polar surface area (TPSA) is 189 Å². The van der Waals surface area contributed by atoms with Gasteiger partial charge in [-0.1, -0.05) is 26.0 Å². The van der Waals surface area contributed by atoms with Crippen molar-refractivity contribution in [3.05, 3.63) is 58.9 Å². The van der Waals surface area contributed by atoms with Crippen LogP contribution in [0.15, 0.2) is 41.3 Å². The van der Waals surface area contributed by atoms with Gasteiger partial charge in [0, 0.05) is 24.3 Å². The first-order chi connectivity index (χ1) is 17.0. The van der Waals surface area contributed by atoms with E-state index in [1.165, 1.54) is 16.8 Å². The fourth-order valence-corrected chi connectivity index (χ4v) is 4.67. The zero-order chi connectivity index (χ0) is 26.5. The van der Waals surface area contributed by atoms with Gasteiger partial charge in [0.25, 0.3) is 0 Å². The first-order valence-electron chi connectivity index (χ1n) is 11.4. The van der Waals surface area contributed by atoms with Crippen LogP contribution in [0.1, 0.15) is 49.2 Å². The van der Waals surface area contributed by atoms with E-state index in [0.717, 1.165) is 17.2 Å². The number of nitrogens with zero attached hydrogens (tertiary/aromatic N) is 4. The monoisotopic (exact) mass is 514 g/mol. The van der Waals surface area contributed by atoms with Crippen molar-refractivity contribution in [2.75, 3.05) is 11.9 Å². The number of sulfonamides is 1. The number of phenolic OH excluding ortho intramolecular Hbond substituents is 1. The standard InChI is InChI=1S/C23H30N8O4S/c1-4-31-21(28-29-30-31)13-22(33)27-18-11-16(14(2)3)6-5-15(18)9-10-26-36(34,35)20-12-17(23(24)25)7-8-19(20)32/h5-8,11-12,14,26,32H,4,9-10,13H2,1-3H3,(H3,24,25)(H,27,33). The molecule has 13 heteroatoms. The first kappa shape index (κ1) is 26.8. The number of nitrogens with two attached hydrogens (primary N) is 1. The molecule has 0 aliphatic heterocycles. The number of aromatic hydroxyl groups is 1. The molecule has 0 atom stereocenters. The number of anilines is 1. The average Bonchev–Trinajstić information content (AvgIpc) is 3.26. The van der Waals surface area contributed by atoms with Crippen LogP contribution in [0.2, 0.25) is 0 Å². The van der Waals surface area contributed by atoms with Gasteiger partial charge in [-0.2, -0.15) is 0 Å². The Labute approximate surface area is 209 Å². The van der Waals surface area contributed by atoms with E-state index in [0.29, 0.717) is 18.1 Å². The van der Waals surface area contributed by atoms with Crippen molar-refractivity contribution in [1.82, 2.24) is 24.9 Å². The highest BCUT2D eigenvalue weighted by Crippen LogP contribution is 2.25. The van der Waals surface area contributed by atoms with Gasteiger partial charge in [0.05, 0.1) is 6.42 Å². The Morgan fingerprint density at radius 1 is 1.22 bits per heavy atom. The van der Waals surface area contributed by atoms with Gasteiger partial charge in [-0.05, 0) is 65.1 Å². The highest BCUT2D eigenvalue weighted by molar-refractivity contribution is 7.89. The summed E-state index contributed by atoms with van der Waals surface area (Å²) >= 11 is 0. The molecule has 0 bridgehead atoms. The lowest BCUT2D eigenvalue weighted by Crippen LogP contribution is -2.27. The summed E-state index contributed by atoms with van der Waals surface area (Å²) in [5.41, 5.74) is 7.93. The van der Waals surface area contributed by atoms with Crippen molar-refractivity contribution < 1.29 is 18.3 Å². The minimum Gasteiger partial charge on any atom is -0.507 e. The first-order valence-corrected chi connectivity index (χ1v) is 12.8. The molecule has 0 spiro atoms. The Kier molecular flexibility index (Phi) is 8.37. The molecule has 12 nitrogen and oxygen atoms in total. The summed E-state index contributed by atoms with van der Waals surface area (Å²) in [7, 11) is -4.08. The lowest BCUT2D eigenvalue weighted by atomic mass is 9.99. The summed E-state index contributed by atoms with van der Waals surface area (Å²) < 4.78 is 29.6. The molecule has 0 aliphatic rings. The van der Waals surface area contributed by atoms with Crippen LogP contribution in [0, 0.1) is 5.41 Å². The SMILES string of the molecule is CCn1nnnc1CC(=O)Nc1cc(C(C)C)ccc1CCNS(=O)(=O)c1cc(C(=N)N)ccc1O. The normalized spacial score (nSPS) is 11.6. The van der Waals surface area contributed by atoms with Gasteiger partial charge in [-0.3, -0.25) is 10.2 Å². The molecule has 0 radical (unpaired) electrons. The van der Waals surface area contributed by atoms with Crippen LogP contribution in [0.25, 0.3) is 0 Å². The predicted octanol–water partition coefficient (Wildman–Crippen LogP) is 1.51. The maximum Gasteiger partial charge on any atom is 0.244 e. The number of carbonyl (C=O) groups excluding carboxylic acids is 1. The minimum absolute atomic E-state index is 0.00402. The zero-order valence-electron chi connectivity index (χ0n) is 20.3. The zero-order valence-corrected chi connectivity index (χ0v) is 21.1. The second-order valence-electron chi connectivity index (χ2n) is 8.45. The van der Waals surface area contributed by atoms with Crippen LogP contribution < -0.4 is 15.8 Å². The number of rotatable bonds is 11. The molecule has 0 saturated carbocycles. The van der Waals surface area contributed by atoms with Crippen molar-refractivity contribution in [2.24, 2.45) is 5.73 Å². The maximum atomic E-state index is 12.8. The Morgan fingerprint density at radius 2 is 1.97 bits per heavy atom. The molecule has 1 amide bonds. The Balaban J connectivity index is 1.76. The van der Waals surface area contributed by atoms with Gasteiger partial charge in [0.1, 0.15) is 16.5 Å². The third-order valence-electron chi connectivity index (χ3n) is 5.55. The van der Waals surface area contributed by atoms with E-state index in [-0.39, 0.29) is 47.5 Å². The summed E-state index contributed by atoms with van der Waals surface area (Å²) in [6, 6.07) is 9.34. The van der Waals surface area contributed by atoms with Gasteiger partial charge < -0.3 is 16.2 Å². The molecule has 0 unspecified atom stereocenters. The number of nitrogens with one attached hydrogen (secondary N) is 3. The molecule has 2 aromatic carbocycles. The number of tetrazole rings is 1. The van der Waals surface area contributed by atoms with Crippen molar-refractivity contribution in [2.45, 2.75) is 51.0 Å². The smallest absolute Gasteiger partial charge is 0.244 e. The summed E-state index contributed by atoms with van der Waals surface area (Å²) in [6.45, 7) is 6.48. The summed E-state index contributed by atoms with van der Waals surface area (Å²) in [5, 5.41) is 31.8. The third-order valence-corrected chi connectivity index (χ3v) is 7.04. The quantitative estimate of drug-likeness (QED) is 0.188. The molecule has 6 N–H and O–H groups in total. The molecule has 3 aromatic rings. The van der Waals surface area contributed by atoms with E-state index in [4.69, 9.17) is 11.1 Å². The number of aromatic nitrogens is 4. The number of hydrogen-bond acceptors (Lipinski definition) is 8. The average molecular weight is 515 g/mol. The Hall–Kier alpha value is -3.84. The van der Waals surface area contributed by atoms with Crippen LogP contribution in [0.4, 0.5) is 5.69 Å². The molecule has 3 rings (SSSR count). The van der Waals surface area contributed by atoms with Gasteiger partial charge in [-0.25, -0.2) is 17.8 Å². The number of amidine groups is 1. The summed E-state index contributed by atoms with van der Waals surface area (Å²) in [6.07, 6.45) is 0.262. The second kappa shape index (κ2) is 11.3. The lowest BCUT2D eigenvalue weighted by Gasteiger charge is -2.15. The van der Waals surface area contributed by atoms with E-state index in [1.54, 1.807) is 0 Å². The molecule has 0 fully saturated rings. The molecule has 0 saturated heterocycles. The highest BCUT2D eigenvalue weighted by Gasteiger charge is 2.20. The van der Waals surface area contributed by atoms with Gasteiger partial charge in [0.15, 0.2) is 5.82 Å². The van der Waals surface area contributed by atoms with E-state index < -0.39 is 15.8 Å². The van der Waals surface area contributed by atoms with E-state index in [1.807, 2.05) is 39.0 Å². The fraction of sp³-hybridized carbons (Fsp3) is 0.348. The van der Waals surface area contributed by atoms with Crippen LogP contribution in [-0.2, 0) is 34.2 Å². The number of benzene rings is 2. The molecule has 1 aromatic heterocycles. The molecular weight excluding hydrogens is 484 g/mol. The van der Waals surface area contributed by atoms with Crippen molar-refractivity contribution >= 4 is 27.5 Å². The number of phenols is 1. The number of nitrogen functional groups attached to an aromatic ring is 1. The Morgan fingerprint density at radius 3 is 2.64 bits per heavy atom. The maximum absolute atomic E-state index is 12.8. The molecular formula is C23H30N8O4S. The van der Waals surface area contributed by atoms with Crippen LogP contribution in [0.5, 0.6) is 5.75 Å². The highest BCUT2D eigenvalue weighted by atomic mass is 32.2. The van der Waals surface area contributed by atoms with Crippen molar-refractivity contribution in [1.29, 1.82) is 5.41 Å². The lowest BCUT2D eigenvalue weighted by molar-refractivity contribution is -0.115. The molecule has 0 aliphatic carbocycles. The van der Waals surface area contributed by atoms with E-state index >= 15 is 0 Å². The van der Waals surface area contributed by atoms with Crippen molar-refractivity contribution in [3.8, 4) is 5.75 Å². The van der Waals surface area contributed by atoms with Gasteiger partial charge in [0.2, 0.25) is 15.9 Å². The Bertz CT molecular complexity index is 1370. The number of amides is 1. The summed E-state index contributed by atoms with van der Waals surface area (Å²) in [4.78, 5) is 12.4. The van der Waals surface area contributed by atoms with Gasteiger partial charge >= 0.3 is 0 Å². The largest absolute Gasteiger partial charge is 0.507 e. The minimum atomic E-state index is -4.08. The molecule has 36 heavy (non-hydrogen) atoms. The predicted molar refractivity (Wildman–Crippen MR) is 134 cm³/mol. The molecule has 1 heterocycles. The fourth-order valence-electron chi connectivity index (χ4n) is 3.52. The molecule has 192 valence electrons. The van der Waals surface area contributed by atoms with Crippen molar-refractivity contribution in [3.63, 3.8) is 0 Å². The number of carbonyl (C=O) groups is 1. The third kappa shape index (κ3) is 6.43.